The molecule has 0 heterocycles. The van der Waals surface area contributed by atoms with Crippen LogP contribution in [0, 0.1) is 0 Å². The van der Waals surface area contributed by atoms with Gasteiger partial charge in [-0.25, -0.2) is 0 Å². The average Bonchev–Trinajstić information content (AvgIpc) is 1.58. The van der Waals surface area contributed by atoms with Gasteiger partial charge in [0.05, 0.1) is 3.39 Å². The predicted molar refractivity (Wildman–Crippen MR) is 43.2 cm³/mol. The van der Waals surface area contributed by atoms with Crippen LogP contribution in [0.4, 0.5) is 0 Å². The van der Waals surface area contributed by atoms with Gasteiger partial charge >= 0.3 is 5.97 Å². The van der Waals surface area contributed by atoms with Gasteiger partial charge in [0, 0.05) is 6.08 Å². The highest BCUT2D eigenvalue weighted by Gasteiger charge is 2.03. The van der Waals surface area contributed by atoms with E-state index in [0.29, 0.717) is 3.39 Å². The first-order valence-corrected chi connectivity index (χ1v) is 3.88. The molecule has 0 saturated heterocycles. The van der Waals surface area contributed by atoms with E-state index in [1.54, 1.807) is 0 Å². The Hall–Kier alpha value is -0.160. The van der Waals surface area contributed by atoms with Gasteiger partial charge in [-0.1, -0.05) is 0 Å². The molecule has 0 aromatic carbocycles. The number of aliphatic carboxylic acids is 1. The lowest BCUT2D eigenvalue weighted by Gasteiger charge is -1.86. The van der Waals surface area contributed by atoms with Crippen molar-refractivity contribution in [3.8, 4) is 0 Å². The summed E-state index contributed by atoms with van der Waals surface area (Å²) in [6.07, 6.45) is 0.689. The number of carboxylic acid groups (broad SMARTS) is 1. The van der Waals surface area contributed by atoms with Crippen LogP contribution in [0.25, 0.3) is 0 Å². The second-order valence-corrected chi connectivity index (χ2v) is 4.24. The first-order valence-electron chi connectivity index (χ1n) is 2.29. The molecule has 0 aromatic heterocycles. The molecule has 0 radical (unpaired) electrons. The predicted octanol–water partition coefficient (Wildman–Crippen LogP) is 1.66. The van der Waals surface area contributed by atoms with Crippen molar-refractivity contribution >= 4 is 43.6 Å². The summed E-state index contributed by atoms with van der Waals surface area (Å²) in [6, 6.07) is 0. The minimum atomic E-state index is -1.12. The van der Waals surface area contributed by atoms with Crippen molar-refractivity contribution in [1.29, 1.82) is 0 Å². The summed E-state index contributed by atoms with van der Waals surface area (Å²) in [7, 11) is 0. The van der Waals surface area contributed by atoms with Gasteiger partial charge < -0.3 is 5.11 Å². The number of carbonyl (C=O) groups excluding carboxylic acids is 1. The molecule has 5 heteroatoms. The quantitative estimate of drug-likeness (QED) is 0.627. The molecule has 0 unspecified atom stereocenters. The van der Waals surface area contributed by atoms with Crippen molar-refractivity contribution in [2.45, 2.75) is 6.42 Å². The van der Waals surface area contributed by atoms with Crippen LogP contribution < -0.4 is 0 Å². The normalized spacial score (nSPS) is 8.60. The maximum Gasteiger partial charge on any atom is 0.311 e. The number of ketones is 1. The molecular weight excluding hydrogens is 268 g/mol. The number of hydrogen-bond acceptors (Lipinski definition) is 2. The second kappa shape index (κ2) is 4.62. The van der Waals surface area contributed by atoms with Crippen LogP contribution >= 0.6 is 31.9 Å². The largest absolute Gasteiger partial charge is 0.481 e. The zero-order chi connectivity index (χ0) is 8.15. The van der Waals surface area contributed by atoms with E-state index in [4.69, 9.17) is 5.11 Å². The van der Waals surface area contributed by atoms with Crippen LogP contribution in [-0.4, -0.2) is 16.9 Å². The molecule has 0 aromatic rings. The number of hydrogen-bond donors (Lipinski definition) is 1. The molecule has 0 fully saturated rings. The third kappa shape index (κ3) is 5.97. The van der Waals surface area contributed by atoms with Crippen molar-refractivity contribution in [2.75, 3.05) is 0 Å². The maximum absolute atomic E-state index is 10.5. The van der Waals surface area contributed by atoms with Gasteiger partial charge in [-0.15, -0.1) is 0 Å². The van der Waals surface area contributed by atoms with Crippen molar-refractivity contribution < 1.29 is 14.7 Å². The number of allylic oxidation sites excluding steroid dienone is 1. The summed E-state index contributed by atoms with van der Waals surface area (Å²) in [4.78, 5) is 20.5. The molecule has 0 amide bonds. The van der Waals surface area contributed by atoms with E-state index < -0.39 is 18.2 Å². The topological polar surface area (TPSA) is 54.4 Å². The molecular formula is C5H4Br2O3. The highest BCUT2D eigenvalue weighted by molar-refractivity contribution is 9.28. The average molecular weight is 272 g/mol. The van der Waals surface area contributed by atoms with Crippen LogP contribution in [0.3, 0.4) is 0 Å². The Morgan fingerprint density at radius 1 is 1.40 bits per heavy atom. The standard InChI is InChI=1S/C5H4Br2O3/c6-4(7)1-3(8)2-5(9)10/h1H,2H2,(H,9,10). The summed E-state index contributed by atoms with van der Waals surface area (Å²) in [6.45, 7) is 0. The molecule has 1 N–H and O–H groups in total. The second-order valence-electron chi connectivity index (χ2n) is 1.47. The van der Waals surface area contributed by atoms with Crippen molar-refractivity contribution in [1.82, 2.24) is 0 Å². The minimum Gasteiger partial charge on any atom is -0.481 e. The minimum absolute atomic E-state index is 0.448. The van der Waals surface area contributed by atoms with E-state index in [1.807, 2.05) is 0 Å². The smallest absolute Gasteiger partial charge is 0.311 e. The molecule has 0 aliphatic heterocycles. The first-order chi connectivity index (χ1) is 4.52. The lowest BCUT2D eigenvalue weighted by atomic mass is 10.3. The fourth-order valence-corrected chi connectivity index (χ4v) is 0.832. The molecule has 0 atom stereocenters. The molecule has 10 heavy (non-hydrogen) atoms. The zero-order valence-electron chi connectivity index (χ0n) is 4.80. The molecule has 0 aliphatic carbocycles. The molecule has 3 nitrogen and oxygen atoms in total. The maximum atomic E-state index is 10.5. The molecule has 0 saturated carbocycles. The summed E-state index contributed by atoms with van der Waals surface area (Å²) in [5.74, 6) is -1.57. The van der Waals surface area contributed by atoms with Crippen molar-refractivity contribution in [2.24, 2.45) is 0 Å². The van der Waals surface area contributed by atoms with Gasteiger partial charge in [-0.3, -0.25) is 9.59 Å². The first kappa shape index (κ1) is 9.84. The third-order valence-corrected chi connectivity index (χ3v) is 1.05. The van der Waals surface area contributed by atoms with E-state index in [9.17, 15) is 9.59 Å². The van der Waals surface area contributed by atoms with E-state index in [-0.39, 0.29) is 0 Å². The summed E-state index contributed by atoms with van der Waals surface area (Å²) in [5, 5.41) is 8.12. The van der Waals surface area contributed by atoms with Crippen LogP contribution in [-0.2, 0) is 9.59 Å². The molecule has 0 bridgehead atoms. The Morgan fingerprint density at radius 2 is 1.90 bits per heavy atom. The Labute approximate surface area is 74.4 Å². The summed E-state index contributed by atoms with van der Waals surface area (Å²) in [5.41, 5.74) is 0. The monoisotopic (exact) mass is 270 g/mol. The van der Waals surface area contributed by atoms with E-state index in [1.165, 1.54) is 0 Å². The Kier molecular flexibility index (Phi) is 4.55. The number of halogens is 2. The summed E-state index contributed by atoms with van der Waals surface area (Å²) < 4.78 is 0.450. The Morgan fingerprint density at radius 3 is 2.20 bits per heavy atom. The van der Waals surface area contributed by atoms with Gasteiger partial charge in [0.15, 0.2) is 5.78 Å². The summed E-state index contributed by atoms with van der Waals surface area (Å²) >= 11 is 5.86. The number of carboxylic acids is 1. The number of carbonyl (C=O) groups is 2. The molecule has 0 spiro atoms. The highest BCUT2D eigenvalue weighted by Crippen LogP contribution is 2.12. The van der Waals surface area contributed by atoms with Crippen LogP contribution in [0.15, 0.2) is 9.47 Å². The highest BCUT2D eigenvalue weighted by atomic mass is 79.9. The molecule has 0 aliphatic rings. The Balaban J connectivity index is 3.88. The Bertz CT molecular complexity index is 181. The fourth-order valence-electron chi connectivity index (χ4n) is 0.322. The van der Waals surface area contributed by atoms with Gasteiger partial charge in [0.1, 0.15) is 6.42 Å². The lowest BCUT2D eigenvalue weighted by Crippen LogP contribution is -2.02. The van der Waals surface area contributed by atoms with Crippen LogP contribution in [0.1, 0.15) is 6.42 Å². The van der Waals surface area contributed by atoms with Gasteiger partial charge in [0.2, 0.25) is 0 Å². The number of rotatable bonds is 3. The SMILES string of the molecule is O=C(O)CC(=O)C=C(Br)Br. The molecule has 0 rings (SSSR count). The van der Waals surface area contributed by atoms with Gasteiger partial charge in [-0.2, -0.15) is 0 Å². The van der Waals surface area contributed by atoms with Crippen LogP contribution in [0.2, 0.25) is 0 Å². The lowest BCUT2D eigenvalue weighted by molar-refractivity contribution is -0.139. The van der Waals surface area contributed by atoms with Crippen molar-refractivity contribution in [3.05, 3.63) is 9.47 Å². The zero-order valence-corrected chi connectivity index (χ0v) is 7.98. The van der Waals surface area contributed by atoms with E-state index in [0.717, 1.165) is 6.08 Å². The van der Waals surface area contributed by atoms with Gasteiger partial charge in [0.25, 0.3) is 0 Å². The van der Waals surface area contributed by atoms with Crippen molar-refractivity contribution in [3.63, 3.8) is 0 Å². The third-order valence-electron chi connectivity index (χ3n) is 0.596. The van der Waals surface area contributed by atoms with E-state index >= 15 is 0 Å². The van der Waals surface area contributed by atoms with Crippen LogP contribution in [0.5, 0.6) is 0 Å². The molecule has 56 valence electrons. The fraction of sp³-hybridized carbons (Fsp3) is 0.200. The van der Waals surface area contributed by atoms with E-state index in [2.05, 4.69) is 31.9 Å². The van der Waals surface area contributed by atoms with Gasteiger partial charge in [-0.05, 0) is 31.9 Å².